The number of fused-ring (bicyclic) bond motifs is 1. The number of para-hydroxylation sites is 1. The zero-order valence-electron chi connectivity index (χ0n) is 17.5. The van der Waals surface area contributed by atoms with Crippen LogP contribution in [0.15, 0.2) is 57.2 Å². The summed E-state index contributed by atoms with van der Waals surface area (Å²) in [6.07, 6.45) is 0. The lowest BCUT2D eigenvalue weighted by Crippen LogP contribution is -2.24. The van der Waals surface area contributed by atoms with E-state index in [2.05, 4.69) is 10.3 Å². The molecule has 0 radical (unpaired) electrons. The maximum Gasteiger partial charge on any atom is 0.257 e. The number of anilines is 1. The number of nitrogens with one attached hydrogen (secondary N) is 1. The maximum atomic E-state index is 12.8. The van der Waals surface area contributed by atoms with Crippen LogP contribution in [0.4, 0.5) is 5.13 Å². The average Bonchev–Trinajstić information content (AvgIpc) is 3.36. The first-order valence-electron chi connectivity index (χ1n) is 9.46. The summed E-state index contributed by atoms with van der Waals surface area (Å²) in [5.41, 5.74) is 2.97. The summed E-state index contributed by atoms with van der Waals surface area (Å²) in [7, 11) is -0.747. The highest BCUT2D eigenvalue weighted by molar-refractivity contribution is 7.89. The first-order chi connectivity index (χ1) is 14.7. The zero-order chi connectivity index (χ0) is 22.3. The van der Waals surface area contributed by atoms with Gasteiger partial charge >= 0.3 is 0 Å². The topological polar surface area (TPSA) is 92.5 Å². The highest BCUT2D eigenvalue weighted by Crippen LogP contribution is 2.30. The number of furan rings is 1. The molecule has 0 unspecified atom stereocenters. The lowest BCUT2D eigenvalue weighted by Gasteiger charge is -2.16. The second-order valence-electron chi connectivity index (χ2n) is 7.34. The summed E-state index contributed by atoms with van der Waals surface area (Å²) < 4.78 is 32.2. The van der Waals surface area contributed by atoms with Crippen LogP contribution in [0.5, 0.6) is 0 Å². The van der Waals surface area contributed by atoms with Gasteiger partial charge in [0.25, 0.3) is 5.91 Å². The number of hydrogen-bond acceptors (Lipinski definition) is 6. The molecule has 7 nitrogen and oxygen atoms in total. The molecule has 4 aromatic rings. The summed E-state index contributed by atoms with van der Waals surface area (Å²) in [5, 5.41) is 5.93. The van der Waals surface area contributed by atoms with Crippen LogP contribution >= 0.6 is 11.3 Å². The molecule has 0 aliphatic heterocycles. The first kappa shape index (κ1) is 21.2. The number of carbonyl (C=O) groups is 1. The van der Waals surface area contributed by atoms with Crippen molar-refractivity contribution < 1.29 is 17.6 Å². The Kier molecular flexibility index (Phi) is 5.42. The van der Waals surface area contributed by atoms with E-state index in [0.717, 1.165) is 20.8 Å². The Morgan fingerprint density at radius 3 is 2.58 bits per heavy atom. The van der Waals surface area contributed by atoms with E-state index in [1.165, 1.54) is 31.5 Å². The van der Waals surface area contributed by atoms with Crippen molar-refractivity contribution in [3.05, 3.63) is 64.5 Å². The molecule has 160 valence electrons. The molecule has 0 saturated heterocycles. The predicted octanol–water partition coefficient (Wildman–Crippen LogP) is 4.68. The van der Waals surface area contributed by atoms with Crippen molar-refractivity contribution in [1.29, 1.82) is 0 Å². The Labute approximate surface area is 184 Å². The number of nitrogens with zero attached hydrogens (tertiary/aromatic N) is 2. The summed E-state index contributed by atoms with van der Waals surface area (Å²) in [4.78, 5) is 17.4. The van der Waals surface area contributed by atoms with Gasteiger partial charge in [-0.2, -0.15) is 0 Å². The van der Waals surface area contributed by atoms with E-state index in [0.29, 0.717) is 22.1 Å². The van der Waals surface area contributed by atoms with Crippen molar-refractivity contribution >= 4 is 43.4 Å². The second-order valence-corrected chi connectivity index (χ2v) is 10.3. The molecule has 2 aromatic carbocycles. The van der Waals surface area contributed by atoms with Crippen LogP contribution in [0.3, 0.4) is 0 Å². The highest BCUT2D eigenvalue weighted by Gasteiger charge is 2.23. The van der Waals surface area contributed by atoms with Crippen LogP contribution in [0, 0.1) is 13.8 Å². The lowest BCUT2D eigenvalue weighted by atomic mass is 10.1. The molecule has 0 aliphatic rings. The van der Waals surface area contributed by atoms with Crippen LogP contribution in [0.25, 0.3) is 22.4 Å². The minimum Gasteiger partial charge on any atom is -0.454 e. The minimum absolute atomic E-state index is 0.116. The Hall–Kier alpha value is -3.01. The Morgan fingerprint density at radius 1 is 1.13 bits per heavy atom. The molecule has 4 rings (SSSR count). The summed E-state index contributed by atoms with van der Waals surface area (Å²) >= 11 is 1.27. The fraction of sp³-hybridized carbons (Fsp3) is 0.182. The number of benzene rings is 2. The van der Waals surface area contributed by atoms with Gasteiger partial charge in [-0.1, -0.05) is 18.2 Å². The van der Waals surface area contributed by atoms with E-state index in [4.69, 9.17) is 4.42 Å². The maximum absolute atomic E-state index is 12.8. The van der Waals surface area contributed by atoms with E-state index < -0.39 is 15.9 Å². The third-order valence-electron chi connectivity index (χ3n) is 5.04. The molecule has 1 amide bonds. The summed E-state index contributed by atoms with van der Waals surface area (Å²) in [6.45, 7) is 3.51. The number of amides is 1. The van der Waals surface area contributed by atoms with Gasteiger partial charge < -0.3 is 4.42 Å². The van der Waals surface area contributed by atoms with E-state index >= 15 is 0 Å². The van der Waals surface area contributed by atoms with Gasteiger partial charge in [0.2, 0.25) is 10.0 Å². The molecule has 0 aliphatic carbocycles. The van der Waals surface area contributed by atoms with Crippen LogP contribution in [0.1, 0.15) is 21.5 Å². The van der Waals surface area contributed by atoms with Gasteiger partial charge in [0, 0.05) is 30.4 Å². The third-order valence-corrected chi connectivity index (χ3v) is 7.74. The molecular weight excluding hydrogens is 434 g/mol. The normalized spacial score (nSPS) is 11.9. The van der Waals surface area contributed by atoms with Crippen molar-refractivity contribution in [1.82, 2.24) is 9.29 Å². The smallest absolute Gasteiger partial charge is 0.257 e. The van der Waals surface area contributed by atoms with Crippen LogP contribution in [-0.2, 0) is 10.0 Å². The largest absolute Gasteiger partial charge is 0.454 e. The third kappa shape index (κ3) is 3.99. The summed E-state index contributed by atoms with van der Waals surface area (Å²) in [6, 6.07) is 12.6. The zero-order valence-corrected chi connectivity index (χ0v) is 19.1. The van der Waals surface area contributed by atoms with Gasteiger partial charge in [0.1, 0.15) is 11.3 Å². The number of thiazole rings is 1. The fourth-order valence-electron chi connectivity index (χ4n) is 3.14. The van der Waals surface area contributed by atoms with Gasteiger partial charge in [0.15, 0.2) is 10.9 Å². The monoisotopic (exact) mass is 455 g/mol. The highest BCUT2D eigenvalue weighted by atomic mass is 32.2. The molecule has 0 spiro atoms. The van der Waals surface area contributed by atoms with Crippen molar-refractivity contribution in [2.45, 2.75) is 18.7 Å². The number of aromatic nitrogens is 1. The van der Waals surface area contributed by atoms with Crippen molar-refractivity contribution in [3.63, 3.8) is 0 Å². The van der Waals surface area contributed by atoms with Gasteiger partial charge in [-0.05, 0) is 49.2 Å². The standard InChI is InChI=1S/C22H21N3O4S2/c1-13-9-16(11-20(14(13)2)31(27,28)25(3)4)21(26)24-22-23-17(12-30-22)19-10-15-7-5-6-8-18(15)29-19/h5-12H,1-4H3,(H,23,24,26). The molecule has 0 fully saturated rings. The van der Waals surface area contributed by atoms with Crippen molar-refractivity contribution in [3.8, 4) is 11.5 Å². The molecular formula is C22H21N3O4S2. The van der Waals surface area contributed by atoms with Gasteiger partial charge in [-0.3, -0.25) is 10.1 Å². The number of hydrogen-bond donors (Lipinski definition) is 1. The van der Waals surface area contributed by atoms with Crippen molar-refractivity contribution in [2.75, 3.05) is 19.4 Å². The Bertz CT molecular complexity index is 1370. The molecule has 0 bridgehead atoms. The van der Waals surface area contributed by atoms with E-state index in [-0.39, 0.29) is 10.5 Å². The lowest BCUT2D eigenvalue weighted by molar-refractivity contribution is 0.102. The van der Waals surface area contributed by atoms with E-state index in [1.54, 1.807) is 25.3 Å². The predicted molar refractivity (Wildman–Crippen MR) is 122 cm³/mol. The number of sulfonamides is 1. The molecule has 1 N–H and O–H groups in total. The van der Waals surface area contributed by atoms with Crippen LogP contribution in [-0.4, -0.2) is 37.7 Å². The Morgan fingerprint density at radius 2 is 1.87 bits per heavy atom. The van der Waals surface area contributed by atoms with Crippen molar-refractivity contribution in [2.24, 2.45) is 0 Å². The average molecular weight is 456 g/mol. The van der Waals surface area contributed by atoms with Gasteiger partial charge in [-0.25, -0.2) is 17.7 Å². The summed E-state index contributed by atoms with van der Waals surface area (Å²) in [5.74, 6) is 0.187. The molecule has 2 aromatic heterocycles. The minimum atomic E-state index is -3.68. The SMILES string of the molecule is Cc1cc(C(=O)Nc2nc(-c3cc4ccccc4o3)cs2)cc(S(=O)(=O)N(C)C)c1C. The quantitative estimate of drug-likeness (QED) is 0.472. The number of aryl methyl sites for hydroxylation is 1. The van der Waals surface area contributed by atoms with E-state index in [1.807, 2.05) is 30.3 Å². The molecule has 31 heavy (non-hydrogen) atoms. The van der Waals surface area contributed by atoms with Gasteiger partial charge in [0.05, 0.1) is 4.90 Å². The van der Waals surface area contributed by atoms with Gasteiger partial charge in [-0.15, -0.1) is 11.3 Å². The molecule has 9 heteroatoms. The van der Waals surface area contributed by atoms with Crippen LogP contribution < -0.4 is 5.32 Å². The number of carbonyl (C=O) groups excluding carboxylic acids is 1. The second kappa shape index (κ2) is 7.92. The number of rotatable bonds is 5. The first-order valence-corrected chi connectivity index (χ1v) is 11.8. The molecule has 0 atom stereocenters. The molecule has 2 heterocycles. The fourth-order valence-corrected chi connectivity index (χ4v) is 5.06. The Balaban J connectivity index is 1.61. The van der Waals surface area contributed by atoms with E-state index in [9.17, 15) is 13.2 Å². The van der Waals surface area contributed by atoms with Crippen LogP contribution in [0.2, 0.25) is 0 Å². The molecule has 0 saturated carbocycles.